The van der Waals surface area contributed by atoms with E-state index in [1.165, 1.54) is 12.1 Å². The van der Waals surface area contributed by atoms with Crippen molar-refractivity contribution in [1.29, 1.82) is 0 Å². The van der Waals surface area contributed by atoms with Crippen LogP contribution in [0.2, 0.25) is 0 Å². The summed E-state index contributed by atoms with van der Waals surface area (Å²) in [6, 6.07) is 7.33. The average molecular weight is 441 g/mol. The minimum absolute atomic E-state index is 0.000546. The molecule has 3 N–H and O–H groups in total. The molecular weight excluding hydrogens is 416 g/mol. The molecule has 0 aliphatic carbocycles. The van der Waals surface area contributed by atoms with E-state index in [-0.39, 0.29) is 46.5 Å². The topological polar surface area (TPSA) is 141 Å². The van der Waals surface area contributed by atoms with Gasteiger partial charge in [0.2, 0.25) is 10.0 Å². The Morgan fingerprint density at radius 1 is 1.31 bits per heavy atom. The van der Waals surface area contributed by atoms with Crippen LogP contribution in [0.5, 0.6) is 0 Å². The number of nitrogens with two attached hydrogens (primary N) is 1. The Balaban J connectivity index is 1.73. The van der Waals surface area contributed by atoms with Crippen molar-refractivity contribution in [3.8, 4) is 0 Å². The molecule has 0 spiro atoms. The molecule has 29 heavy (non-hydrogen) atoms. The molecule has 1 aliphatic heterocycles. The van der Waals surface area contributed by atoms with Gasteiger partial charge in [-0.25, -0.2) is 22.0 Å². The molecule has 0 radical (unpaired) electrons. The first kappa shape index (κ1) is 21.5. The highest BCUT2D eigenvalue weighted by Gasteiger charge is 2.32. The van der Waals surface area contributed by atoms with Crippen LogP contribution in [0.25, 0.3) is 0 Å². The van der Waals surface area contributed by atoms with Crippen molar-refractivity contribution in [2.75, 3.05) is 11.5 Å². The number of benzene rings is 1. The summed E-state index contributed by atoms with van der Waals surface area (Å²) in [4.78, 5) is 12.6. The number of carbonyl (C=O) groups excluding carboxylic acids is 1. The van der Waals surface area contributed by atoms with E-state index >= 15 is 0 Å². The van der Waals surface area contributed by atoms with E-state index in [1.807, 2.05) is 13.8 Å². The average Bonchev–Trinajstić information content (AvgIpc) is 3.22. The van der Waals surface area contributed by atoms with Crippen molar-refractivity contribution >= 4 is 25.8 Å². The van der Waals surface area contributed by atoms with E-state index in [0.29, 0.717) is 12.0 Å². The van der Waals surface area contributed by atoms with E-state index in [9.17, 15) is 21.6 Å². The predicted molar refractivity (Wildman–Crippen MR) is 108 cm³/mol. The lowest BCUT2D eigenvalue weighted by Gasteiger charge is -2.15. The molecular formula is C18H24N4O5S2. The number of amides is 1. The van der Waals surface area contributed by atoms with Gasteiger partial charge in [-0.1, -0.05) is 26.0 Å². The first-order chi connectivity index (χ1) is 13.5. The summed E-state index contributed by atoms with van der Waals surface area (Å²) in [7, 11) is -6.83. The Hall–Kier alpha value is -2.24. The number of hydrogen-bond donors (Lipinski definition) is 2. The zero-order valence-corrected chi connectivity index (χ0v) is 17.8. The first-order valence-electron chi connectivity index (χ1n) is 9.16. The Bertz CT molecular complexity index is 1120. The molecule has 1 saturated heterocycles. The van der Waals surface area contributed by atoms with Crippen molar-refractivity contribution in [2.24, 2.45) is 5.14 Å². The third kappa shape index (κ3) is 5.03. The summed E-state index contributed by atoms with van der Waals surface area (Å²) < 4.78 is 47.9. The van der Waals surface area contributed by atoms with Crippen LogP contribution < -0.4 is 10.5 Å². The minimum atomic E-state index is -3.76. The molecule has 0 unspecified atom stereocenters. The van der Waals surface area contributed by atoms with Crippen LogP contribution in [0.1, 0.15) is 54.0 Å². The van der Waals surface area contributed by atoms with E-state index < -0.39 is 19.9 Å². The van der Waals surface area contributed by atoms with Crippen LogP contribution in [0.3, 0.4) is 0 Å². The molecule has 2 aromatic rings. The van der Waals surface area contributed by atoms with E-state index in [0.717, 1.165) is 5.69 Å². The number of nitrogens with zero attached hydrogens (tertiary/aromatic N) is 2. The number of hydrogen-bond acceptors (Lipinski definition) is 6. The van der Waals surface area contributed by atoms with Crippen molar-refractivity contribution in [3.05, 3.63) is 47.3 Å². The summed E-state index contributed by atoms with van der Waals surface area (Å²) in [5, 5.41) is 12.2. The number of rotatable bonds is 6. The van der Waals surface area contributed by atoms with E-state index in [1.54, 1.807) is 22.9 Å². The van der Waals surface area contributed by atoms with Gasteiger partial charge >= 0.3 is 0 Å². The smallest absolute Gasteiger partial charge is 0.272 e. The van der Waals surface area contributed by atoms with E-state index in [2.05, 4.69) is 10.4 Å². The zero-order valence-electron chi connectivity index (χ0n) is 16.2. The maximum absolute atomic E-state index is 12.6. The van der Waals surface area contributed by atoms with Crippen LogP contribution in [0, 0.1) is 0 Å². The molecule has 3 rings (SSSR count). The van der Waals surface area contributed by atoms with Gasteiger partial charge in [0.25, 0.3) is 5.91 Å². The third-order valence-electron chi connectivity index (χ3n) is 4.85. The second kappa shape index (κ2) is 7.88. The summed E-state index contributed by atoms with van der Waals surface area (Å²) in [5.74, 6) is -0.142. The fourth-order valence-electron chi connectivity index (χ4n) is 3.28. The highest BCUT2D eigenvalue weighted by molar-refractivity contribution is 7.91. The van der Waals surface area contributed by atoms with Crippen LogP contribution >= 0.6 is 0 Å². The molecule has 1 aromatic carbocycles. The Labute approximate surface area is 170 Å². The number of primary sulfonamides is 1. The van der Waals surface area contributed by atoms with Crippen LogP contribution in [0.15, 0.2) is 35.2 Å². The minimum Gasteiger partial charge on any atom is -0.347 e. The van der Waals surface area contributed by atoms with Crippen molar-refractivity contribution in [2.45, 2.75) is 43.7 Å². The maximum atomic E-state index is 12.6. The molecule has 1 amide bonds. The SMILES string of the molecule is CC(C)c1cc(C(=O)NCc2ccc(S(N)(=O)=O)cc2)nn1[C@H]1CCS(=O)(=O)C1. The molecule has 1 aromatic heterocycles. The van der Waals surface area contributed by atoms with Gasteiger partial charge in [0.15, 0.2) is 9.84 Å². The number of sulfonamides is 1. The summed E-state index contributed by atoms with van der Waals surface area (Å²) in [6.45, 7) is 4.11. The van der Waals surface area contributed by atoms with Gasteiger partial charge in [-0.3, -0.25) is 9.48 Å². The number of aromatic nitrogens is 2. The Morgan fingerprint density at radius 2 is 1.97 bits per heavy atom. The highest BCUT2D eigenvalue weighted by atomic mass is 32.2. The van der Waals surface area contributed by atoms with Crippen LogP contribution in [-0.4, -0.2) is 44.0 Å². The summed E-state index contributed by atoms with van der Waals surface area (Å²) >= 11 is 0. The van der Waals surface area contributed by atoms with Gasteiger partial charge in [-0.15, -0.1) is 0 Å². The molecule has 1 aliphatic rings. The third-order valence-corrected chi connectivity index (χ3v) is 7.53. The molecule has 1 atom stereocenters. The number of sulfone groups is 1. The Kier molecular flexibility index (Phi) is 5.84. The normalized spacial score (nSPS) is 18.8. The van der Waals surface area contributed by atoms with Crippen molar-refractivity contribution < 1.29 is 21.6 Å². The standard InChI is InChI=1S/C18H24N4O5S2/c1-12(2)17-9-16(21-22(17)14-7-8-28(24,25)11-14)18(23)20-10-13-3-5-15(6-4-13)29(19,26)27/h3-6,9,12,14H,7-8,10-11H2,1-2H3,(H,20,23)(H2,19,26,27)/t14-/m0/s1. The molecule has 0 bridgehead atoms. The maximum Gasteiger partial charge on any atom is 0.272 e. The van der Waals surface area contributed by atoms with Crippen molar-refractivity contribution in [3.63, 3.8) is 0 Å². The van der Waals surface area contributed by atoms with Gasteiger partial charge in [-0.05, 0) is 36.1 Å². The van der Waals surface area contributed by atoms with Gasteiger partial charge < -0.3 is 5.32 Å². The molecule has 2 heterocycles. The Morgan fingerprint density at radius 3 is 2.48 bits per heavy atom. The van der Waals surface area contributed by atoms with Gasteiger partial charge in [0.05, 0.1) is 22.4 Å². The highest BCUT2D eigenvalue weighted by Crippen LogP contribution is 2.28. The van der Waals surface area contributed by atoms with Crippen molar-refractivity contribution in [1.82, 2.24) is 15.1 Å². The number of nitrogens with one attached hydrogen (secondary N) is 1. The summed E-state index contributed by atoms with van der Waals surface area (Å²) in [5.41, 5.74) is 1.74. The predicted octanol–water partition coefficient (Wildman–Crippen LogP) is 0.944. The molecule has 158 valence electrons. The van der Waals surface area contributed by atoms with Gasteiger partial charge in [-0.2, -0.15) is 5.10 Å². The number of carbonyl (C=O) groups is 1. The quantitative estimate of drug-likeness (QED) is 0.685. The lowest BCUT2D eigenvalue weighted by atomic mass is 10.1. The monoisotopic (exact) mass is 440 g/mol. The van der Waals surface area contributed by atoms with Gasteiger partial charge in [0, 0.05) is 12.2 Å². The molecule has 1 fully saturated rings. The fourth-order valence-corrected chi connectivity index (χ4v) is 5.49. The fraction of sp³-hybridized carbons (Fsp3) is 0.444. The second-order valence-corrected chi connectivity index (χ2v) is 11.3. The first-order valence-corrected chi connectivity index (χ1v) is 12.5. The largest absolute Gasteiger partial charge is 0.347 e. The summed E-state index contributed by atoms with van der Waals surface area (Å²) in [6.07, 6.45) is 0.487. The second-order valence-electron chi connectivity index (χ2n) is 7.48. The molecule has 11 heteroatoms. The zero-order chi connectivity index (χ0) is 21.4. The lowest BCUT2D eigenvalue weighted by molar-refractivity contribution is 0.0944. The van der Waals surface area contributed by atoms with Gasteiger partial charge in [0.1, 0.15) is 5.69 Å². The van der Waals surface area contributed by atoms with Crippen LogP contribution in [0.4, 0.5) is 0 Å². The van der Waals surface area contributed by atoms with Crippen LogP contribution in [-0.2, 0) is 26.4 Å². The molecule has 0 saturated carbocycles. The lowest BCUT2D eigenvalue weighted by Crippen LogP contribution is -2.24. The van der Waals surface area contributed by atoms with E-state index in [4.69, 9.17) is 5.14 Å². The molecule has 9 nitrogen and oxygen atoms in total.